The molecule has 1 saturated heterocycles. The second-order valence-corrected chi connectivity index (χ2v) is 4.52. The highest BCUT2D eigenvalue weighted by atomic mass is 19.1. The van der Waals surface area contributed by atoms with Crippen molar-refractivity contribution in [2.45, 2.75) is 13.3 Å². The molecule has 7 heteroatoms. The van der Waals surface area contributed by atoms with E-state index in [1.54, 1.807) is 0 Å². The van der Waals surface area contributed by atoms with Crippen LogP contribution in [0.15, 0.2) is 12.1 Å². The molecule has 0 bridgehead atoms. The number of nitrogens with zero attached hydrogens (tertiary/aromatic N) is 1. The third-order valence-electron chi connectivity index (χ3n) is 2.83. The first kappa shape index (κ1) is 14.1. The van der Waals surface area contributed by atoms with Gasteiger partial charge in [-0.2, -0.15) is 0 Å². The molecule has 1 fully saturated rings. The van der Waals surface area contributed by atoms with E-state index in [4.69, 9.17) is 10.5 Å². The Labute approximate surface area is 115 Å². The predicted octanol–water partition coefficient (Wildman–Crippen LogP) is 0.659. The van der Waals surface area contributed by atoms with Crippen LogP contribution < -0.4 is 20.7 Å². The van der Waals surface area contributed by atoms with Gasteiger partial charge in [-0.1, -0.05) is 6.92 Å². The number of nitrogen functional groups attached to an aromatic ring is 1. The van der Waals surface area contributed by atoms with E-state index in [1.807, 2.05) is 6.92 Å². The van der Waals surface area contributed by atoms with Crippen LogP contribution in [0.5, 0.6) is 5.75 Å². The number of hydrogen-bond donors (Lipinski definition) is 2. The molecule has 1 aromatic rings. The summed E-state index contributed by atoms with van der Waals surface area (Å²) in [5.74, 6) is -1.33. The van der Waals surface area contributed by atoms with E-state index < -0.39 is 17.6 Å². The Morgan fingerprint density at radius 1 is 1.35 bits per heavy atom. The van der Waals surface area contributed by atoms with Gasteiger partial charge in [0.2, 0.25) is 11.8 Å². The van der Waals surface area contributed by atoms with Gasteiger partial charge in [-0.05, 0) is 6.42 Å². The Morgan fingerprint density at radius 2 is 2.00 bits per heavy atom. The molecule has 0 spiro atoms. The average molecular weight is 281 g/mol. The summed E-state index contributed by atoms with van der Waals surface area (Å²) >= 11 is 0. The van der Waals surface area contributed by atoms with E-state index in [0.29, 0.717) is 12.3 Å². The zero-order valence-corrected chi connectivity index (χ0v) is 11.1. The number of amides is 2. The fourth-order valence-corrected chi connectivity index (χ4v) is 1.96. The van der Waals surface area contributed by atoms with E-state index in [0.717, 1.165) is 12.5 Å². The van der Waals surface area contributed by atoms with Gasteiger partial charge >= 0.3 is 0 Å². The summed E-state index contributed by atoms with van der Waals surface area (Å²) in [6, 6.07) is 2.56. The number of halogens is 1. The lowest BCUT2D eigenvalue weighted by atomic mass is 10.2. The summed E-state index contributed by atoms with van der Waals surface area (Å²) in [7, 11) is 0. The van der Waals surface area contributed by atoms with Crippen molar-refractivity contribution in [1.82, 2.24) is 5.32 Å². The second kappa shape index (κ2) is 5.77. The Kier molecular flexibility index (Phi) is 4.07. The van der Waals surface area contributed by atoms with Gasteiger partial charge in [-0.15, -0.1) is 0 Å². The molecular formula is C13H16FN3O3. The summed E-state index contributed by atoms with van der Waals surface area (Å²) in [4.78, 5) is 24.2. The summed E-state index contributed by atoms with van der Waals surface area (Å²) in [5.41, 5.74) is 6.34. The maximum atomic E-state index is 13.7. The van der Waals surface area contributed by atoms with Crippen molar-refractivity contribution < 1.29 is 18.7 Å². The van der Waals surface area contributed by atoms with Crippen molar-refractivity contribution in [3.8, 4) is 5.75 Å². The summed E-state index contributed by atoms with van der Waals surface area (Å²) in [6.07, 6.45) is 0.740. The minimum absolute atomic E-state index is 0.00517. The van der Waals surface area contributed by atoms with E-state index >= 15 is 0 Å². The maximum absolute atomic E-state index is 13.7. The van der Waals surface area contributed by atoms with Crippen LogP contribution in [0.4, 0.5) is 15.8 Å². The van der Waals surface area contributed by atoms with Gasteiger partial charge in [0.15, 0.2) is 11.6 Å². The lowest BCUT2D eigenvalue weighted by Crippen LogP contribution is -2.51. The summed E-state index contributed by atoms with van der Waals surface area (Å²) in [5, 5.41) is 2.19. The molecule has 0 unspecified atom stereocenters. The van der Waals surface area contributed by atoms with Crippen LogP contribution in [0, 0.1) is 5.82 Å². The molecule has 0 saturated carbocycles. The number of nitrogens with one attached hydrogen (secondary N) is 1. The van der Waals surface area contributed by atoms with Crippen molar-refractivity contribution >= 4 is 23.2 Å². The zero-order chi connectivity index (χ0) is 14.7. The first-order valence-electron chi connectivity index (χ1n) is 6.30. The minimum Gasteiger partial charge on any atom is -0.490 e. The molecule has 1 aromatic carbocycles. The van der Waals surface area contributed by atoms with Gasteiger partial charge < -0.3 is 15.4 Å². The summed E-state index contributed by atoms with van der Waals surface area (Å²) < 4.78 is 19.0. The lowest BCUT2D eigenvalue weighted by Gasteiger charge is -2.28. The molecule has 1 aliphatic heterocycles. The Hall–Kier alpha value is -2.31. The van der Waals surface area contributed by atoms with E-state index in [-0.39, 0.29) is 24.5 Å². The van der Waals surface area contributed by atoms with E-state index in [1.165, 1.54) is 11.0 Å². The number of piperazine rings is 1. The van der Waals surface area contributed by atoms with Gasteiger partial charge in [-0.3, -0.25) is 14.9 Å². The molecule has 1 heterocycles. The first-order chi connectivity index (χ1) is 9.51. The molecule has 0 aliphatic carbocycles. The molecule has 2 amide bonds. The average Bonchev–Trinajstić information content (AvgIpc) is 2.36. The standard InChI is InChI=1S/C13H16FN3O3/c1-2-3-20-11-5-10(9(15)4-8(11)14)17-6-12(18)16-13(19)7-17/h4-5H,2-3,6-7,15H2,1H3,(H,16,18,19). The number of anilines is 2. The van der Waals surface area contributed by atoms with E-state index in [2.05, 4.69) is 5.32 Å². The largest absolute Gasteiger partial charge is 0.490 e. The van der Waals surface area contributed by atoms with Crippen molar-refractivity contribution in [3.05, 3.63) is 17.9 Å². The number of nitrogens with two attached hydrogens (primary N) is 1. The van der Waals surface area contributed by atoms with Crippen LogP contribution in [0.1, 0.15) is 13.3 Å². The van der Waals surface area contributed by atoms with Crippen LogP contribution in [-0.2, 0) is 9.59 Å². The third-order valence-corrected chi connectivity index (χ3v) is 2.83. The molecule has 2 rings (SSSR count). The van der Waals surface area contributed by atoms with Crippen LogP contribution in [0.25, 0.3) is 0 Å². The lowest BCUT2D eigenvalue weighted by molar-refractivity contribution is -0.130. The Balaban J connectivity index is 2.30. The summed E-state index contributed by atoms with van der Waals surface area (Å²) in [6.45, 7) is 2.27. The fraction of sp³-hybridized carbons (Fsp3) is 0.385. The van der Waals surface area contributed by atoms with Crippen LogP contribution in [0.3, 0.4) is 0 Å². The topological polar surface area (TPSA) is 84.7 Å². The molecular weight excluding hydrogens is 265 g/mol. The van der Waals surface area contributed by atoms with Crippen molar-refractivity contribution in [3.63, 3.8) is 0 Å². The zero-order valence-electron chi connectivity index (χ0n) is 11.1. The number of ether oxygens (including phenoxy) is 1. The van der Waals surface area contributed by atoms with E-state index in [9.17, 15) is 14.0 Å². The number of carbonyl (C=O) groups is 2. The molecule has 0 atom stereocenters. The highest BCUT2D eigenvalue weighted by Gasteiger charge is 2.25. The smallest absolute Gasteiger partial charge is 0.246 e. The van der Waals surface area contributed by atoms with Crippen molar-refractivity contribution in [1.29, 1.82) is 0 Å². The highest BCUT2D eigenvalue weighted by molar-refractivity contribution is 6.03. The molecule has 1 aliphatic rings. The normalized spacial score (nSPS) is 15.2. The van der Waals surface area contributed by atoms with Gasteiger partial charge in [0, 0.05) is 12.1 Å². The second-order valence-electron chi connectivity index (χ2n) is 4.52. The number of hydrogen-bond acceptors (Lipinski definition) is 5. The van der Waals surface area contributed by atoms with Crippen molar-refractivity contribution in [2.24, 2.45) is 0 Å². The van der Waals surface area contributed by atoms with Crippen LogP contribution in [-0.4, -0.2) is 31.5 Å². The van der Waals surface area contributed by atoms with Crippen molar-refractivity contribution in [2.75, 3.05) is 30.3 Å². The molecule has 20 heavy (non-hydrogen) atoms. The quantitative estimate of drug-likeness (QED) is 0.625. The maximum Gasteiger partial charge on any atom is 0.246 e. The Morgan fingerprint density at radius 3 is 2.60 bits per heavy atom. The molecule has 0 aromatic heterocycles. The minimum atomic E-state index is -0.563. The van der Waals surface area contributed by atoms with Gasteiger partial charge in [0.25, 0.3) is 0 Å². The van der Waals surface area contributed by atoms with Crippen LogP contribution >= 0.6 is 0 Å². The number of rotatable bonds is 4. The van der Waals surface area contributed by atoms with Gasteiger partial charge in [-0.25, -0.2) is 4.39 Å². The fourth-order valence-electron chi connectivity index (χ4n) is 1.96. The van der Waals surface area contributed by atoms with Gasteiger partial charge in [0.05, 0.1) is 31.1 Å². The molecule has 0 radical (unpaired) electrons. The SMILES string of the molecule is CCCOc1cc(N2CC(=O)NC(=O)C2)c(N)cc1F. The number of imide groups is 1. The Bertz CT molecular complexity index is 532. The highest BCUT2D eigenvalue weighted by Crippen LogP contribution is 2.31. The number of carbonyl (C=O) groups excluding carboxylic acids is 2. The van der Waals surface area contributed by atoms with Gasteiger partial charge in [0.1, 0.15) is 0 Å². The first-order valence-corrected chi connectivity index (χ1v) is 6.30. The third kappa shape index (κ3) is 2.98. The monoisotopic (exact) mass is 281 g/mol. The molecule has 3 N–H and O–H groups in total. The molecule has 6 nitrogen and oxygen atoms in total. The predicted molar refractivity (Wildman–Crippen MR) is 72.0 cm³/mol. The number of benzene rings is 1. The molecule has 108 valence electrons. The van der Waals surface area contributed by atoms with Crippen LogP contribution in [0.2, 0.25) is 0 Å².